The van der Waals surface area contributed by atoms with E-state index in [1.165, 1.54) is 20.9 Å². The minimum absolute atomic E-state index is 0.725. The van der Waals surface area contributed by atoms with E-state index in [-0.39, 0.29) is 0 Å². The maximum absolute atomic E-state index is 5.71. The molecule has 2 aromatic rings. The second-order valence-electron chi connectivity index (χ2n) is 4.05. The third-order valence-corrected chi connectivity index (χ3v) is 4.17. The molecule has 2 heteroatoms. The molecule has 0 spiro atoms. The average molecular weight is 242 g/mol. The maximum Gasteiger partial charge on any atom is 0.123 e. The third kappa shape index (κ3) is 1.93. The van der Waals surface area contributed by atoms with Crippen molar-refractivity contribution < 1.29 is 4.74 Å². The van der Waals surface area contributed by atoms with Crippen LogP contribution in [-0.2, 0) is 6.42 Å². The fraction of sp³-hybridized carbons (Fsp3) is 0.200. The zero-order valence-corrected chi connectivity index (χ0v) is 10.6. The zero-order chi connectivity index (χ0) is 11.7. The van der Waals surface area contributed by atoms with E-state index >= 15 is 0 Å². The first-order valence-corrected chi connectivity index (χ1v) is 6.70. The summed E-state index contributed by atoms with van der Waals surface area (Å²) in [6.07, 6.45) is 0.981. The number of rotatable bonds is 2. The lowest BCUT2D eigenvalue weighted by Gasteiger charge is -2.21. The highest BCUT2D eigenvalue weighted by molar-refractivity contribution is 7.99. The summed E-state index contributed by atoms with van der Waals surface area (Å²) in [4.78, 5) is 2.70. The Morgan fingerprint density at radius 1 is 1.06 bits per heavy atom. The summed E-state index contributed by atoms with van der Waals surface area (Å²) < 4.78 is 5.71. The lowest BCUT2D eigenvalue weighted by atomic mass is 10.0. The van der Waals surface area contributed by atoms with Crippen LogP contribution in [0.25, 0.3) is 0 Å². The van der Waals surface area contributed by atoms with Crippen LogP contribution >= 0.6 is 11.8 Å². The van der Waals surface area contributed by atoms with Gasteiger partial charge in [-0.25, -0.2) is 0 Å². The van der Waals surface area contributed by atoms with Gasteiger partial charge in [0.15, 0.2) is 0 Å². The first-order valence-electron chi connectivity index (χ1n) is 5.89. The molecule has 1 aliphatic rings. The Labute approximate surface area is 106 Å². The lowest BCUT2D eigenvalue weighted by Crippen LogP contribution is -2.03. The number of benzene rings is 2. The highest BCUT2D eigenvalue weighted by Crippen LogP contribution is 2.42. The van der Waals surface area contributed by atoms with Gasteiger partial charge in [-0.15, -0.1) is 0 Å². The molecule has 0 saturated carbocycles. The minimum atomic E-state index is 0.725. The van der Waals surface area contributed by atoms with Crippen LogP contribution in [0.3, 0.4) is 0 Å². The summed E-state index contributed by atoms with van der Waals surface area (Å²) in [7, 11) is 0. The average Bonchev–Trinajstić information content (AvgIpc) is 2.37. The molecule has 1 nitrogen and oxygen atoms in total. The van der Waals surface area contributed by atoms with Crippen molar-refractivity contribution in [3.8, 4) is 5.75 Å². The van der Waals surface area contributed by atoms with E-state index in [1.54, 1.807) is 0 Å². The Kier molecular flexibility index (Phi) is 2.81. The van der Waals surface area contributed by atoms with Crippen molar-refractivity contribution in [2.75, 3.05) is 6.61 Å². The van der Waals surface area contributed by atoms with Crippen LogP contribution in [0.1, 0.15) is 18.1 Å². The zero-order valence-electron chi connectivity index (χ0n) is 9.77. The van der Waals surface area contributed by atoms with Crippen molar-refractivity contribution in [1.29, 1.82) is 0 Å². The standard InChI is InChI=1S/C15H14OS/c1-2-16-13-7-5-9-15-12(13)10-11-6-3-4-8-14(11)17-15/h3-9H,2,10H2,1H3. The smallest absolute Gasteiger partial charge is 0.123 e. The Hall–Kier alpha value is -1.41. The van der Waals surface area contributed by atoms with E-state index in [0.29, 0.717) is 0 Å². The van der Waals surface area contributed by atoms with E-state index in [1.807, 2.05) is 18.7 Å². The Bertz CT molecular complexity index is 548. The van der Waals surface area contributed by atoms with Crippen molar-refractivity contribution >= 4 is 11.8 Å². The van der Waals surface area contributed by atoms with E-state index < -0.39 is 0 Å². The van der Waals surface area contributed by atoms with Crippen LogP contribution in [0, 0.1) is 0 Å². The summed E-state index contributed by atoms with van der Waals surface area (Å²) in [5, 5.41) is 0. The van der Waals surface area contributed by atoms with Crippen LogP contribution < -0.4 is 4.74 Å². The minimum Gasteiger partial charge on any atom is -0.494 e. The van der Waals surface area contributed by atoms with Gasteiger partial charge in [0.2, 0.25) is 0 Å². The van der Waals surface area contributed by atoms with E-state index in [4.69, 9.17) is 4.74 Å². The largest absolute Gasteiger partial charge is 0.494 e. The van der Waals surface area contributed by atoms with Crippen LogP contribution in [0.4, 0.5) is 0 Å². The molecule has 1 heterocycles. The number of fused-ring (bicyclic) bond motifs is 2. The first kappa shape index (κ1) is 10.7. The molecule has 17 heavy (non-hydrogen) atoms. The summed E-state index contributed by atoms with van der Waals surface area (Å²) >= 11 is 1.84. The summed E-state index contributed by atoms with van der Waals surface area (Å²) in [5.41, 5.74) is 2.73. The third-order valence-electron chi connectivity index (χ3n) is 2.95. The first-order chi connectivity index (χ1) is 8.38. The molecule has 0 saturated heterocycles. The topological polar surface area (TPSA) is 9.23 Å². The summed E-state index contributed by atoms with van der Waals surface area (Å²) in [6.45, 7) is 2.76. The van der Waals surface area contributed by atoms with Crippen LogP contribution in [0.2, 0.25) is 0 Å². The monoisotopic (exact) mass is 242 g/mol. The molecular formula is C15H14OS. The van der Waals surface area contributed by atoms with Crippen molar-refractivity contribution in [1.82, 2.24) is 0 Å². The fourth-order valence-electron chi connectivity index (χ4n) is 2.16. The molecule has 3 rings (SSSR count). The van der Waals surface area contributed by atoms with E-state index in [2.05, 4.69) is 42.5 Å². The Morgan fingerprint density at radius 2 is 1.88 bits per heavy atom. The molecule has 0 fully saturated rings. The molecule has 0 aromatic heterocycles. The predicted octanol–water partition coefficient (Wildman–Crippen LogP) is 4.14. The second kappa shape index (κ2) is 4.46. The van der Waals surface area contributed by atoms with Gasteiger partial charge >= 0.3 is 0 Å². The van der Waals surface area contributed by atoms with Gasteiger partial charge in [-0.05, 0) is 30.7 Å². The molecule has 0 bridgehead atoms. The van der Waals surface area contributed by atoms with Crippen LogP contribution in [0.15, 0.2) is 52.3 Å². The molecular weight excluding hydrogens is 228 g/mol. The summed E-state index contributed by atoms with van der Waals surface area (Å²) in [5.74, 6) is 1.03. The second-order valence-corrected chi connectivity index (χ2v) is 5.14. The quantitative estimate of drug-likeness (QED) is 0.668. The van der Waals surface area contributed by atoms with E-state index in [9.17, 15) is 0 Å². The molecule has 0 unspecified atom stereocenters. The van der Waals surface area contributed by atoms with Crippen molar-refractivity contribution in [2.24, 2.45) is 0 Å². The molecule has 0 aliphatic carbocycles. The summed E-state index contributed by atoms with van der Waals surface area (Å²) in [6, 6.07) is 14.9. The van der Waals surface area contributed by atoms with Crippen LogP contribution in [-0.4, -0.2) is 6.61 Å². The number of hydrogen-bond acceptors (Lipinski definition) is 2. The Morgan fingerprint density at radius 3 is 2.76 bits per heavy atom. The van der Waals surface area contributed by atoms with Crippen molar-refractivity contribution in [2.45, 2.75) is 23.1 Å². The molecule has 2 aromatic carbocycles. The van der Waals surface area contributed by atoms with Crippen molar-refractivity contribution in [3.05, 3.63) is 53.6 Å². The van der Waals surface area contributed by atoms with Gasteiger partial charge in [0.05, 0.1) is 6.61 Å². The number of ether oxygens (including phenoxy) is 1. The van der Waals surface area contributed by atoms with Gasteiger partial charge in [0.25, 0.3) is 0 Å². The predicted molar refractivity (Wildman–Crippen MR) is 71.0 cm³/mol. The van der Waals surface area contributed by atoms with Gasteiger partial charge in [-0.1, -0.05) is 36.0 Å². The van der Waals surface area contributed by atoms with Gasteiger partial charge in [-0.2, -0.15) is 0 Å². The highest BCUT2D eigenvalue weighted by Gasteiger charge is 2.18. The van der Waals surface area contributed by atoms with Gasteiger partial charge in [0, 0.05) is 21.8 Å². The lowest BCUT2D eigenvalue weighted by molar-refractivity contribution is 0.336. The molecule has 0 N–H and O–H groups in total. The van der Waals surface area contributed by atoms with Gasteiger partial charge in [0.1, 0.15) is 5.75 Å². The van der Waals surface area contributed by atoms with E-state index in [0.717, 1.165) is 18.8 Å². The highest BCUT2D eigenvalue weighted by atomic mass is 32.2. The SMILES string of the molecule is CCOc1cccc2c1Cc1ccccc1S2. The molecule has 0 amide bonds. The molecule has 0 radical (unpaired) electrons. The molecule has 86 valence electrons. The molecule has 0 atom stereocenters. The maximum atomic E-state index is 5.71. The van der Waals surface area contributed by atoms with Crippen LogP contribution in [0.5, 0.6) is 5.75 Å². The normalized spacial score (nSPS) is 12.8. The fourth-order valence-corrected chi connectivity index (χ4v) is 3.26. The van der Waals surface area contributed by atoms with Gasteiger partial charge in [-0.3, -0.25) is 0 Å². The number of hydrogen-bond donors (Lipinski definition) is 0. The molecule has 1 aliphatic heterocycles. The van der Waals surface area contributed by atoms with Crippen molar-refractivity contribution in [3.63, 3.8) is 0 Å². The van der Waals surface area contributed by atoms with Gasteiger partial charge < -0.3 is 4.74 Å². The Balaban J connectivity index is 2.05.